The molecule has 148 valence electrons. The normalized spacial score (nSPS) is 10.4. The number of nitrogens with zero attached hydrogens (tertiary/aromatic N) is 4. The number of hydrogen-bond donors (Lipinski definition) is 2. The highest BCUT2D eigenvalue weighted by Crippen LogP contribution is 2.13. The number of carbonyl (C=O) groups is 2. The summed E-state index contributed by atoms with van der Waals surface area (Å²) in [6.45, 7) is 0.336. The zero-order chi connectivity index (χ0) is 20.8. The molecule has 3 aromatic heterocycles. The van der Waals surface area contributed by atoms with E-state index in [0.29, 0.717) is 23.4 Å². The van der Waals surface area contributed by atoms with Crippen LogP contribution in [-0.2, 0) is 6.54 Å². The fourth-order valence-electron chi connectivity index (χ4n) is 2.79. The summed E-state index contributed by atoms with van der Waals surface area (Å²) in [5.41, 5.74) is 2.29. The van der Waals surface area contributed by atoms with E-state index in [1.807, 2.05) is 18.3 Å². The van der Waals surface area contributed by atoms with Gasteiger partial charge in [0.05, 0.1) is 5.56 Å². The van der Waals surface area contributed by atoms with Crippen molar-refractivity contribution in [2.45, 2.75) is 6.54 Å². The largest absolute Gasteiger partial charge is 0.348 e. The SMILES string of the molecule is O=C(NCc1ccc(-n2ccnc2)nc1)c1cccc(NC(=O)c2cccnc2)c1. The molecule has 3 heterocycles. The van der Waals surface area contributed by atoms with E-state index >= 15 is 0 Å². The van der Waals surface area contributed by atoms with E-state index in [1.54, 1.807) is 65.9 Å². The van der Waals surface area contributed by atoms with Gasteiger partial charge in [-0.15, -0.1) is 0 Å². The predicted octanol–water partition coefficient (Wildman–Crippen LogP) is 2.84. The highest BCUT2D eigenvalue weighted by atomic mass is 16.2. The third-order valence-electron chi connectivity index (χ3n) is 4.34. The second kappa shape index (κ2) is 8.78. The molecule has 4 aromatic rings. The van der Waals surface area contributed by atoms with Crippen LogP contribution in [0.1, 0.15) is 26.3 Å². The van der Waals surface area contributed by atoms with Gasteiger partial charge < -0.3 is 10.6 Å². The lowest BCUT2D eigenvalue weighted by Crippen LogP contribution is -2.23. The smallest absolute Gasteiger partial charge is 0.257 e. The van der Waals surface area contributed by atoms with Gasteiger partial charge in [0, 0.05) is 48.8 Å². The van der Waals surface area contributed by atoms with Gasteiger partial charge in [-0.3, -0.25) is 19.1 Å². The van der Waals surface area contributed by atoms with Crippen LogP contribution in [0.15, 0.2) is 85.8 Å². The first-order chi connectivity index (χ1) is 14.7. The summed E-state index contributed by atoms with van der Waals surface area (Å²) in [4.78, 5) is 37.1. The topological polar surface area (TPSA) is 102 Å². The van der Waals surface area contributed by atoms with Crippen LogP contribution >= 0.6 is 0 Å². The molecule has 0 spiro atoms. The molecule has 2 N–H and O–H groups in total. The van der Waals surface area contributed by atoms with Gasteiger partial charge in [0.2, 0.25) is 0 Å². The molecule has 8 nitrogen and oxygen atoms in total. The van der Waals surface area contributed by atoms with Crippen molar-refractivity contribution in [2.75, 3.05) is 5.32 Å². The number of benzene rings is 1. The molecule has 0 aliphatic heterocycles. The van der Waals surface area contributed by atoms with Gasteiger partial charge in [-0.2, -0.15) is 0 Å². The summed E-state index contributed by atoms with van der Waals surface area (Å²) in [6.07, 6.45) is 9.96. The molecule has 0 saturated carbocycles. The van der Waals surface area contributed by atoms with Crippen LogP contribution < -0.4 is 10.6 Å². The predicted molar refractivity (Wildman–Crippen MR) is 111 cm³/mol. The number of aromatic nitrogens is 4. The van der Waals surface area contributed by atoms with Crippen LogP contribution in [0.4, 0.5) is 5.69 Å². The fraction of sp³-hybridized carbons (Fsp3) is 0.0455. The van der Waals surface area contributed by atoms with Crippen LogP contribution in [-0.4, -0.2) is 31.3 Å². The number of nitrogens with one attached hydrogen (secondary N) is 2. The van der Waals surface area contributed by atoms with Gasteiger partial charge in [-0.25, -0.2) is 9.97 Å². The summed E-state index contributed by atoms with van der Waals surface area (Å²) >= 11 is 0. The minimum Gasteiger partial charge on any atom is -0.348 e. The van der Waals surface area contributed by atoms with E-state index < -0.39 is 0 Å². The lowest BCUT2D eigenvalue weighted by molar-refractivity contribution is 0.0949. The average molecular weight is 398 g/mol. The second-order valence-corrected chi connectivity index (χ2v) is 6.45. The van der Waals surface area contributed by atoms with Crippen LogP contribution in [0.5, 0.6) is 0 Å². The van der Waals surface area contributed by atoms with E-state index in [1.165, 1.54) is 6.20 Å². The number of rotatable bonds is 6. The summed E-state index contributed by atoms with van der Waals surface area (Å²) in [5, 5.41) is 5.63. The van der Waals surface area contributed by atoms with E-state index in [0.717, 1.165) is 11.4 Å². The third-order valence-corrected chi connectivity index (χ3v) is 4.34. The monoisotopic (exact) mass is 398 g/mol. The van der Waals surface area contributed by atoms with Crippen molar-refractivity contribution in [2.24, 2.45) is 0 Å². The first-order valence-corrected chi connectivity index (χ1v) is 9.22. The lowest BCUT2D eigenvalue weighted by atomic mass is 10.1. The maximum atomic E-state index is 12.5. The van der Waals surface area contributed by atoms with Crippen LogP contribution in [0.25, 0.3) is 5.82 Å². The Morgan fingerprint density at radius 3 is 2.53 bits per heavy atom. The van der Waals surface area contributed by atoms with Crippen molar-refractivity contribution in [1.29, 1.82) is 0 Å². The molecule has 8 heteroatoms. The van der Waals surface area contributed by atoms with Crippen LogP contribution in [0.2, 0.25) is 0 Å². The molecule has 0 saturated heterocycles. The van der Waals surface area contributed by atoms with E-state index in [4.69, 9.17) is 0 Å². The molecule has 0 atom stereocenters. The van der Waals surface area contributed by atoms with Gasteiger partial charge in [0.15, 0.2) is 0 Å². The van der Waals surface area contributed by atoms with Crippen LogP contribution in [0, 0.1) is 0 Å². The van der Waals surface area contributed by atoms with Crippen molar-refractivity contribution in [1.82, 2.24) is 24.8 Å². The van der Waals surface area contributed by atoms with Crippen molar-refractivity contribution in [3.05, 3.63) is 103 Å². The summed E-state index contributed by atoms with van der Waals surface area (Å²) in [6, 6.07) is 13.9. The Labute approximate surface area is 172 Å². The van der Waals surface area contributed by atoms with Crippen molar-refractivity contribution in [3.8, 4) is 5.82 Å². The molecular formula is C22H18N6O2. The molecule has 4 rings (SSSR count). The van der Waals surface area contributed by atoms with Crippen LogP contribution in [0.3, 0.4) is 0 Å². The molecule has 0 radical (unpaired) electrons. The fourth-order valence-corrected chi connectivity index (χ4v) is 2.79. The number of hydrogen-bond acceptors (Lipinski definition) is 5. The van der Waals surface area contributed by atoms with E-state index in [9.17, 15) is 9.59 Å². The molecular weight excluding hydrogens is 380 g/mol. The number of carbonyl (C=O) groups excluding carboxylic acids is 2. The molecule has 1 aromatic carbocycles. The maximum Gasteiger partial charge on any atom is 0.257 e. The molecule has 0 unspecified atom stereocenters. The second-order valence-electron chi connectivity index (χ2n) is 6.45. The van der Waals surface area contributed by atoms with Gasteiger partial charge in [0.1, 0.15) is 12.1 Å². The maximum absolute atomic E-state index is 12.5. The number of amides is 2. The molecule has 2 amide bonds. The third kappa shape index (κ3) is 4.56. The van der Waals surface area contributed by atoms with E-state index in [-0.39, 0.29) is 11.8 Å². The van der Waals surface area contributed by atoms with Gasteiger partial charge in [-0.05, 0) is 42.0 Å². The quantitative estimate of drug-likeness (QED) is 0.520. The first-order valence-electron chi connectivity index (χ1n) is 9.22. The molecule has 0 bridgehead atoms. The molecule has 0 fully saturated rings. The number of pyridine rings is 2. The summed E-state index contributed by atoms with van der Waals surface area (Å²) in [5.74, 6) is 0.218. The van der Waals surface area contributed by atoms with Crippen molar-refractivity contribution < 1.29 is 9.59 Å². The zero-order valence-corrected chi connectivity index (χ0v) is 15.9. The Kier molecular flexibility index (Phi) is 5.56. The zero-order valence-electron chi connectivity index (χ0n) is 15.9. The van der Waals surface area contributed by atoms with Gasteiger partial charge in [0.25, 0.3) is 11.8 Å². The summed E-state index contributed by atoms with van der Waals surface area (Å²) < 4.78 is 1.80. The van der Waals surface area contributed by atoms with E-state index in [2.05, 4.69) is 25.6 Å². The first kappa shape index (κ1) is 19.0. The minimum absolute atomic E-state index is 0.244. The van der Waals surface area contributed by atoms with Gasteiger partial charge in [-0.1, -0.05) is 12.1 Å². The Balaban J connectivity index is 1.37. The Morgan fingerprint density at radius 2 is 1.80 bits per heavy atom. The van der Waals surface area contributed by atoms with Gasteiger partial charge >= 0.3 is 0 Å². The molecule has 0 aliphatic rings. The molecule has 30 heavy (non-hydrogen) atoms. The lowest BCUT2D eigenvalue weighted by Gasteiger charge is -2.09. The number of imidazole rings is 1. The number of anilines is 1. The average Bonchev–Trinajstić information content (AvgIpc) is 3.33. The summed E-state index contributed by atoms with van der Waals surface area (Å²) in [7, 11) is 0. The van der Waals surface area contributed by atoms with Crippen molar-refractivity contribution >= 4 is 17.5 Å². The Hall–Kier alpha value is -4.33. The Morgan fingerprint density at radius 1 is 0.900 bits per heavy atom. The highest BCUT2D eigenvalue weighted by molar-refractivity contribution is 6.04. The molecule has 0 aliphatic carbocycles. The minimum atomic E-state index is -0.287. The highest BCUT2D eigenvalue weighted by Gasteiger charge is 2.09. The standard InChI is InChI=1S/C22H18N6O2/c29-21(26-13-16-6-7-20(25-12-16)28-10-9-24-15-28)17-3-1-5-19(11-17)27-22(30)18-4-2-8-23-14-18/h1-12,14-15H,13H2,(H,26,29)(H,27,30). The Bertz CT molecular complexity index is 1140. The van der Waals surface area contributed by atoms with Crippen molar-refractivity contribution in [3.63, 3.8) is 0 Å².